The molecule has 0 spiro atoms. The van der Waals surface area contributed by atoms with E-state index in [1.165, 1.54) is 0 Å². The average molecular weight is 397 g/mol. The van der Waals surface area contributed by atoms with Gasteiger partial charge in [-0.2, -0.15) is 4.98 Å². The van der Waals surface area contributed by atoms with Crippen LogP contribution >= 0.6 is 11.6 Å². The molecule has 0 aliphatic carbocycles. The molecule has 1 aliphatic rings. The Morgan fingerprint density at radius 1 is 1.25 bits per heavy atom. The molecule has 1 N–H and O–H groups in total. The number of aromatic nitrogens is 2. The maximum atomic E-state index is 12.7. The van der Waals surface area contributed by atoms with Crippen molar-refractivity contribution in [1.29, 1.82) is 0 Å². The Kier molecular flexibility index (Phi) is 5.30. The molecule has 0 radical (unpaired) electrons. The van der Waals surface area contributed by atoms with Gasteiger partial charge in [-0.1, -0.05) is 41.0 Å². The first kappa shape index (κ1) is 18.5. The lowest BCUT2D eigenvalue weighted by Crippen LogP contribution is -2.41. The maximum Gasteiger partial charge on any atom is 0.321 e. The van der Waals surface area contributed by atoms with Crippen molar-refractivity contribution in [2.24, 2.45) is 0 Å². The molecular weight excluding hydrogens is 376 g/mol. The smallest absolute Gasteiger partial charge is 0.321 e. The molecule has 2 amide bonds. The Balaban J connectivity index is 1.44. The minimum atomic E-state index is -0.107. The van der Waals surface area contributed by atoms with Crippen LogP contribution in [0, 0.1) is 6.92 Å². The van der Waals surface area contributed by atoms with E-state index < -0.39 is 0 Å². The van der Waals surface area contributed by atoms with Gasteiger partial charge < -0.3 is 14.7 Å². The Morgan fingerprint density at radius 2 is 2.11 bits per heavy atom. The highest BCUT2D eigenvalue weighted by Gasteiger charge is 2.28. The van der Waals surface area contributed by atoms with E-state index in [1.54, 1.807) is 17.0 Å². The minimum absolute atomic E-state index is 0.0254. The second-order valence-corrected chi connectivity index (χ2v) is 7.49. The van der Waals surface area contributed by atoms with E-state index in [-0.39, 0.29) is 11.9 Å². The summed E-state index contributed by atoms with van der Waals surface area (Å²) in [4.78, 5) is 19.0. The molecule has 0 unspecified atom stereocenters. The first-order valence-electron chi connectivity index (χ1n) is 9.30. The SMILES string of the molecule is Cc1cccc(NC(=O)N2CCC[C@H](c3nc(-c4cccc(Cl)c4)no3)C2)c1. The summed E-state index contributed by atoms with van der Waals surface area (Å²) >= 11 is 6.04. The van der Waals surface area contributed by atoms with E-state index >= 15 is 0 Å². The van der Waals surface area contributed by atoms with Gasteiger partial charge in [0.25, 0.3) is 0 Å². The van der Waals surface area contributed by atoms with E-state index in [1.807, 2.05) is 43.3 Å². The van der Waals surface area contributed by atoms with Crippen molar-refractivity contribution >= 4 is 23.3 Å². The minimum Gasteiger partial charge on any atom is -0.339 e. The number of urea groups is 1. The van der Waals surface area contributed by atoms with Crippen molar-refractivity contribution in [1.82, 2.24) is 15.0 Å². The summed E-state index contributed by atoms with van der Waals surface area (Å²) in [5.41, 5.74) is 2.72. The number of nitrogens with zero attached hydrogens (tertiary/aromatic N) is 3. The van der Waals surface area contributed by atoms with Crippen molar-refractivity contribution < 1.29 is 9.32 Å². The molecule has 1 aromatic heterocycles. The van der Waals surface area contributed by atoms with Gasteiger partial charge in [0.15, 0.2) is 0 Å². The highest BCUT2D eigenvalue weighted by atomic mass is 35.5. The number of likely N-dealkylation sites (tertiary alicyclic amines) is 1. The van der Waals surface area contributed by atoms with Gasteiger partial charge in [0.05, 0.1) is 5.92 Å². The van der Waals surface area contributed by atoms with Crippen LogP contribution in [0.5, 0.6) is 0 Å². The van der Waals surface area contributed by atoms with Crippen LogP contribution in [0.2, 0.25) is 5.02 Å². The maximum absolute atomic E-state index is 12.7. The number of amides is 2. The standard InChI is InChI=1S/C21H21ClN4O2/c1-14-5-2-9-18(11-14)23-21(27)26-10-4-7-16(13-26)20-24-19(25-28-20)15-6-3-8-17(22)12-15/h2-3,5-6,8-9,11-12,16H,4,7,10,13H2,1H3,(H,23,27)/t16-/m0/s1. The van der Waals surface area contributed by atoms with Crippen molar-refractivity contribution in [2.75, 3.05) is 18.4 Å². The number of halogens is 1. The number of aryl methyl sites for hydroxylation is 1. The number of piperidine rings is 1. The topological polar surface area (TPSA) is 71.3 Å². The first-order chi connectivity index (χ1) is 13.6. The van der Waals surface area contributed by atoms with E-state index in [0.29, 0.717) is 29.8 Å². The van der Waals surface area contributed by atoms with E-state index in [2.05, 4.69) is 15.5 Å². The summed E-state index contributed by atoms with van der Waals surface area (Å²) in [5.74, 6) is 1.10. The highest BCUT2D eigenvalue weighted by Crippen LogP contribution is 2.28. The van der Waals surface area contributed by atoms with Gasteiger partial charge in [-0.15, -0.1) is 0 Å². The monoisotopic (exact) mass is 396 g/mol. The lowest BCUT2D eigenvalue weighted by molar-refractivity contribution is 0.184. The largest absolute Gasteiger partial charge is 0.339 e. The van der Waals surface area contributed by atoms with Gasteiger partial charge in [-0.3, -0.25) is 0 Å². The fourth-order valence-electron chi connectivity index (χ4n) is 3.43. The number of hydrogen-bond donors (Lipinski definition) is 1. The molecule has 144 valence electrons. The lowest BCUT2D eigenvalue weighted by atomic mass is 9.98. The summed E-state index contributed by atoms with van der Waals surface area (Å²) in [5, 5.41) is 7.68. The van der Waals surface area contributed by atoms with Crippen LogP contribution < -0.4 is 5.32 Å². The molecule has 1 saturated heterocycles. The van der Waals surface area contributed by atoms with Gasteiger partial charge in [0.2, 0.25) is 11.7 Å². The molecular formula is C21H21ClN4O2. The second kappa shape index (κ2) is 8.02. The molecule has 4 rings (SSSR count). The zero-order chi connectivity index (χ0) is 19.5. The quantitative estimate of drug-likeness (QED) is 0.667. The van der Waals surface area contributed by atoms with Gasteiger partial charge in [-0.05, 0) is 49.6 Å². The Labute approximate surface area is 168 Å². The number of carbonyl (C=O) groups is 1. The number of benzene rings is 2. The fraction of sp³-hybridized carbons (Fsp3) is 0.286. The lowest BCUT2D eigenvalue weighted by Gasteiger charge is -2.31. The predicted molar refractivity (Wildman–Crippen MR) is 108 cm³/mol. The van der Waals surface area contributed by atoms with Crippen LogP contribution in [-0.4, -0.2) is 34.2 Å². The zero-order valence-electron chi connectivity index (χ0n) is 15.6. The molecule has 2 aromatic carbocycles. The zero-order valence-corrected chi connectivity index (χ0v) is 16.3. The summed E-state index contributed by atoms with van der Waals surface area (Å²) in [6.45, 7) is 3.26. The molecule has 1 fully saturated rings. The Morgan fingerprint density at radius 3 is 2.93 bits per heavy atom. The van der Waals surface area contributed by atoms with E-state index in [0.717, 1.165) is 29.7 Å². The summed E-state index contributed by atoms with van der Waals surface area (Å²) in [7, 11) is 0. The summed E-state index contributed by atoms with van der Waals surface area (Å²) < 4.78 is 5.50. The average Bonchev–Trinajstić information content (AvgIpc) is 3.18. The van der Waals surface area contributed by atoms with Crippen molar-refractivity contribution in [3.63, 3.8) is 0 Å². The third-order valence-corrected chi connectivity index (χ3v) is 5.09. The number of hydrogen-bond acceptors (Lipinski definition) is 4. The van der Waals surface area contributed by atoms with Crippen LogP contribution in [0.15, 0.2) is 53.1 Å². The van der Waals surface area contributed by atoms with Crippen LogP contribution in [0.1, 0.15) is 30.2 Å². The summed E-state index contributed by atoms with van der Waals surface area (Å²) in [6.07, 6.45) is 1.80. The molecule has 1 aliphatic heterocycles. The molecule has 1 atom stereocenters. The van der Waals surface area contributed by atoms with Crippen LogP contribution in [-0.2, 0) is 0 Å². The van der Waals surface area contributed by atoms with Gasteiger partial charge >= 0.3 is 6.03 Å². The van der Waals surface area contributed by atoms with E-state index in [9.17, 15) is 4.79 Å². The third kappa shape index (κ3) is 4.17. The number of nitrogens with one attached hydrogen (secondary N) is 1. The molecule has 0 bridgehead atoms. The van der Waals surface area contributed by atoms with E-state index in [4.69, 9.17) is 16.1 Å². The molecule has 28 heavy (non-hydrogen) atoms. The van der Waals surface area contributed by atoms with Crippen molar-refractivity contribution in [2.45, 2.75) is 25.7 Å². The van der Waals surface area contributed by atoms with Crippen LogP contribution in [0.25, 0.3) is 11.4 Å². The predicted octanol–water partition coefficient (Wildman–Crippen LogP) is 5.11. The molecule has 0 saturated carbocycles. The molecule has 2 heterocycles. The van der Waals surface area contributed by atoms with Crippen molar-refractivity contribution in [3.05, 3.63) is 65.0 Å². The first-order valence-corrected chi connectivity index (χ1v) is 9.68. The third-order valence-electron chi connectivity index (χ3n) is 4.85. The number of rotatable bonds is 3. The number of carbonyl (C=O) groups excluding carboxylic acids is 1. The number of anilines is 1. The fourth-order valence-corrected chi connectivity index (χ4v) is 3.62. The normalized spacial score (nSPS) is 16.8. The van der Waals surface area contributed by atoms with Crippen LogP contribution in [0.4, 0.5) is 10.5 Å². The molecule has 3 aromatic rings. The van der Waals surface area contributed by atoms with Crippen molar-refractivity contribution in [3.8, 4) is 11.4 Å². The van der Waals surface area contributed by atoms with Gasteiger partial charge in [0, 0.05) is 29.4 Å². The highest BCUT2D eigenvalue weighted by molar-refractivity contribution is 6.30. The Bertz CT molecular complexity index is 988. The van der Waals surface area contributed by atoms with Gasteiger partial charge in [0.1, 0.15) is 0 Å². The summed E-state index contributed by atoms with van der Waals surface area (Å²) in [6, 6.07) is 15.0. The Hall–Kier alpha value is -2.86. The second-order valence-electron chi connectivity index (χ2n) is 7.05. The van der Waals surface area contributed by atoms with Gasteiger partial charge in [-0.25, -0.2) is 4.79 Å². The molecule has 7 heteroatoms. The molecule has 6 nitrogen and oxygen atoms in total. The van der Waals surface area contributed by atoms with Crippen LogP contribution in [0.3, 0.4) is 0 Å².